The van der Waals surface area contributed by atoms with Crippen molar-refractivity contribution in [2.24, 2.45) is 0 Å². The third-order valence-electron chi connectivity index (χ3n) is 4.78. The van der Waals surface area contributed by atoms with E-state index >= 15 is 0 Å². The molecule has 0 spiro atoms. The fraction of sp³-hybridized carbons (Fsp3) is 0.476. The average molecular weight is 356 g/mol. The van der Waals surface area contributed by atoms with Gasteiger partial charge in [0, 0.05) is 26.1 Å². The number of nitrogens with one attached hydrogen (secondary N) is 1. The van der Waals surface area contributed by atoms with E-state index in [2.05, 4.69) is 22.3 Å². The number of benzene rings is 1. The molecule has 1 unspecified atom stereocenters. The third kappa shape index (κ3) is 5.44. The zero-order valence-corrected chi connectivity index (χ0v) is 15.4. The molecule has 1 fully saturated rings. The molecule has 0 radical (unpaired) electrons. The molecule has 2 aromatic rings. The van der Waals surface area contributed by atoms with Crippen LogP contribution in [-0.4, -0.2) is 43.7 Å². The predicted octanol–water partition coefficient (Wildman–Crippen LogP) is 3.10. The van der Waals surface area contributed by atoms with Crippen LogP contribution < -0.4 is 5.32 Å². The Morgan fingerprint density at radius 1 is 1.15 bits per heavy atom. The maximum Gasteiger partial charge on any atom is 0.220 e. The maximum absolute atomic E-state index is 12.3. The second kappa shape index (κ2) is 9.55. The van der Waals surface area contributed by atoms with Gasteiger partial charge in [0.25, 0.3) is 0 Å². The van der Waals surface area contributed by atoms with Crippen molar-refractivity contribution in [1.29, 1.82) is 0 Å². The van der Waals surface area contributed by atoms with Crippen molar-refractivity contribution in [2.75, 3.05) is 32.8 Å². The summed E-state index contributed by atoms with van der Waals surface area (Å²) in [5, 5.41) is 3.09. The summed E-state index contributed by atoms with van der Waals surface area (Å²) in [6.45, 7) is 5.67. The van der Waals surface area contributed by atoms with Crippen molar-refractivity contribution in [3.63, 3.8) is 0 Å². The Morgan fingerprint density at radius 3 is 2.62 bits per heavy atom. The van der Waals surface area contributed by atoms with E-state index in [1.54, 1.807) is 0 Å². The van der Waals surface area contributed by atoms with Crippen LogP contribution in [0.3, 0.4) is 0 Å². The number of morpholine rings is 1. The van der Waals surface area contributed by atoms with Gasteiger partial charge in [0.05, 0.1) is 19.3 Å². The summed E-state index contributed by atoms with van der Waals surface area (Å²) >= 11 is 0. The number of hydrogen-bond donors (Lipinski definition) is 1. The fourth-order valence-corrected chi connectivity index (χ4v) is 3.33. The van der Waals surface area contributed by atoms with Crippen LogP contribution in [0.1, 0.15) is 36.0 Å². The molecular weight excluding hydrogens is 328 g/mol. The highest BCUT2D eigenvalue weighted by atomic mass is 16.5. The predicted molar refractivity (Wildman–Crippen MR) is 101 cm³/mol. The molecule has 1 atom stereocenters. The first-order valence-electron chi connectivity index (χ1n) is 9.41. The van der Waals surface area contributed by atoms with Crippen molar-refractivity contribution in [2.45, 2.75) is 32.2 Å². The van der Waals surface area contributed by atoms with Crippen LogP contribution in [-0.2, 0) is 16.0 Å². The van der Waals surface area contributed by atoms with Crippen LogP contribution in [0.5, 0.6) is 0 Å². The number of carbonyl (C=O) groups is 1. The molecule has 2 heterocycles. The first kappa shape index (κ1) is 18.7. The number of amides is 1. The standard InChI is InChI=1S/C21H28N2O3/c1-17-10-11-20(26-17)19(23-12-14-25-15-13-23)16-22-21(24)9-5-8-18-6-3-2-4-7-18/h2-4,6-7,10-11,19H,5,8-9,12-16H2,1H3,(H,22,24). The highest BCUT2D eigenvalue weighted by Crippen LogP contribution is 2.23. The van der Waals surface area contributed by atoms with Crippen LogP contribution in [0.15, 0.2) is 46.9 Å². The quantitative estimate of drug-likeness (QED) is 0.790. The van der Waals surface area contributed by atoms with E-state index < -0.39 is 0 Å². The topological polar surface area (TPSA) is 54.7 Å². The van der Waals surface area contributed by atoms with Crippen molar-refractivity contribution in [3.8, 4) is 0 Å². The Hall–Kier alpha value is -2.11. The average Bonchev–Trinajstić information content (AvgIpc) is 3.10. The van der Waals surface area contributed by atoms with Gasteiger partial charge in [-0.3, -0.25) is 9.69 Å². The van der Waals surface area contributed by atoms with E-state index in [-0.39, 0.29) is 11.9 Å². The van der Waals surface area contributed by atoms with Gasteiger partial charge < -0.3 is 14.5 Å². The summed E-state index contributed by atoms with van der Waals surface area (Å²) in [7, 11) is 0. The van der Waals surface area contributed by atoms with Crippen LogP contribution >= 0.6 is 0 Å². The van der Waals surface area contributed by atoms with Gasteiger partial charge in [-0.1, -0.05) is 30.3 Å². The van der Waals surface area contributed by atoms with Crippen LogP contribution in [0, 0.1) is 6.92 Å². The first-order chi connectivity index (χ1) is 12.7. The highest BCUT2D eigenvalue weighted by Gasteiger charge is 2.25. The first-order valence-corrected chi connectivity index (χ1v) is 9.41. The SMILES string of the molecule is Cc1ccc(C(CNC(=O)CCCc2ccccc2)N2CCOCC2)o1. The maximum atomic E-state index is 12.3. The summed E-state index contributed by atoms with van der Waals surface area (Å²) in [6.07, 6.45) is 2.33. The smallest absolute Gasteiger partial charge is 0.220 e. The second-order valence-electron chi connectivity index (χ2n) is 6.76. The highest BCUT2D eigenvalue weighted by molar-refractivity contribution is 5.75. The Bertz CT molecular complexity index is 678. The number of furan rings is 1. The molecule has 1 aromatic carbocycles. The van der Waals surface area contributed by atoms with Crippen molar-refractivity contribution in [1.82, 2.24) is 10.2 Å². The number of ether oxygens (including phenoxy) is 1. The molecule has 1 aliphatic heterocycles. The van der Waals surface area contributed by atoms with Crippen LogP contribution in [0.4, 0.5) is 0 Å². The zero-order valence-electron chi connectivity index (χ0n) is 15.4. The molecule has 0 saturated carbocycles. The van der Waals surface area contributed by atoms with Gasteiger partial charge in [0.2, 0.25) is 5.91 Å². The summed E-state index contributed by atoms with van der Waals surface area (Å²) < 4.78 is 11.3. The lowest BCUT2D eigenvalue weighted by molar-refractivity contribution is -0.121. The molecule has 5 heteroatoms. The largest absolute Gasteiger partial charge is 0.465 e. The van der Waals surface area contributed by atoms with E-state index in [1.165, 1.54) is 5.56 Å². The summed E-state index contributed by atoms with van der Waals surface area (Å²) in [4.78, 5) is 14.6. The van der Waals surface area contributed by atoms with E-state index in [1.807, 2.05) is 37.3 Å². The molecule has 1 aromatic heterocycles. The van der Waals surface area contributed by atoms with Gasteiger partial charge in [-0.2, -0.15) is 0 Å². The number of hydrogen-bond acceptors (Lipinski definition) is 4. The summed E-state index contributed by atoms with van der Waals surface area (Å²) in [6, 6.07) is 14.3. The molecular formula is C21H28N2O3. The van der Waals surface area contributed by atoms with Gasteiger partial charge in [-0.05, 0) is 37.5 Å². The molecule has 1 saturated heterocycles. The molecule has 5 nitrogen and oxygen atoms in total. The Kier molecular flexibility index (Phi) is 6.86. The van der Waals surface area contributed by atoms with Crippen molar-refractivity contribution in [3.05, 3.63) is 59.5 Å². The second-order valence-corrected chi connectivity index (χ2v) is 6.76. The molecule has 140 valence electrons. The van der Waals surface area contributed by atoms with E-state index in [9.17, 15) is 4.79 Å². The lowest BCUT2D eigenvalue weighted by atomic mass is 10.1. The molecule has 1 aliphatic rings. The molecule has 0 aliphatic carbocycles. The summed E-state index contributed by atoms with van der Waals surface area (Å²) in [5.74, 6) is 1.91. The monoisotopic (exact) mass is 356 g/mol. The van der Waals surface area contributed by atoms with E-state index in [4.69, 9.17) is 9.15 Å². The van der Waals surface area contributed by atoms with E-state index in [0.717, 1.165) is 50.7 Å². The number of nitrogens with zero attached hydrogens (tertiary/aromatic N) is 1. The minimum atomic E-state index is 0.0608. The van der Waals surface area contributed by atoms with Crippen LogP contribution in [0.25, 0.3) is 0 Å². The molecule has 0 bridgehead atoms. The minimum Gasteiger partial charge on any atom is -0.465 e. The number of aryl methyl sites for hydroxylation is 2. The minimum absolute atomic E-state index is 0.0608. The normalized spacial score (nSPS) is 16.3. The van der Waals surface area contributed by atoms with Gasteiger partial charge in [0.1, 0.15) is 11.5 Å². The lowest BCUT2D eigenvalue weighted by Gasteiger charge is -2.33. The van der Waals surface area contributed by atoms with Crippen LogP contribution in [0.2, 0.25) is 0 Å². The van der Waals surface area contributed by atoms with Gasteiger partial charge >= 0.3 is 0 Å². The molecule has 1 amide bonds. The molecule has 26 heavy (non-hydrogen) atoms. The van der Waals surface area contributed by atoms with Crippen molar-refractivity contribution >= 4 is 5.91 Å². The molecule has 3 rings (SSSR count). The Labute approximate surface area is 155 Å². The van der Waals surface area contributed by atoms with Gasteiger partial charge in [0.15, 0.2) is 0 Å². The fourth-order valence-electron chi connectivity index (χ4n) is 3.33. The zero-order chi connectivity index (χ0) is 18.2. The van der Waals surface area contributed by atoms with E-state index in [0.29, 0.717) is 13.0 Å². The van der Waals surface area contributed by atoms with Gasteiger partial charge in [-0.15, -0.1) is 0 Å². The Morgan fingerprint density at radius 2 is 1.92 bits per heavy atom. The molecule has 1 N–H and O–H groups in total. The lowest BCUT2D eigenvalue weighted by Crippen LogP contribution is -2.43. The number of rotatable bonds is 8. The number of carbonyl (C=O) groups excluding carboxylic acids is 1. The third-order valence-corrected chi connectivity index (χ3v) is 4.78. The Balaban J connectivity index is 1.49. The van der Waals surface area contributed by atoms with Gasteiger partial charge in [-0.25, -0.2) is 0 Å². The van der Waals surface area contributed by atoms with Crippen molar-refractivity contribution < 1.29 is 13.9 Å². The summed E-state index contributed by atoms with van der Waals surface area (Å²) in [5.41, 5.74) is 1.28.